The maximum absolute atomic E-state index is 12.6. The molecule has 1 heterocycles. The largest absolute Gasteiger partial charge is 0.379 e. The molecule has 1 fully saturated rings. The minimum atomic E-state index is -3.36. The van der Waals surface area contributed by atoms with Gasteiger partial charge in [0.05, 0.1) is 10.5 Å². The summed E-state index contributed by atoms with van der Waals surface area (Å²) in [6, 6.07) is 9.37. The highest BCUT2D eigenvalue weighted by Crippen LogP contribution is 2.22. The van der Waals surface area contributed by atoms with Crippen molar-refractivity contribution in [2.24, 2.45) is 0 Å². The number of hydrogen-bond acceptors (Lipinski definition) is 4. The van der Waals surface area contributed by atoms with E-state index >= 15 is 0 Å². The molecule has 1 aliphatic heterocycles. The highest BCUT2D eigenvalue weighted by Gasteiger charge is 2.30. The molecule has 1 aliphatic rings. The molecule has 0 radical (unpaired) electrons. The summed E-state index contributed by atoms with van der Waals surface area (Å²) in [4.78, 5) is 0.381. The van der Waals surface area contributed by atoms with E-state index in [0.717, 1.165) is 19.3 Å². The third-order valence-electron chi connectivity index (χ3n) is 4.71. The molecule has 136 valence electrons. The van der Waals surface area contributed by atoms with Crippen molar-refractivity contribution >= 4 is 10.0 Å². The molecular formula is C18H30N2O3S. The zero-order valence-electron chi connectivity index (χ0n) is 15.2. The maximum atomic E-state index is 12.6. The third-order valence-corrected chi connectivity index (χ3v) is 6.62. The van der Waals surface area contributed by atoms with Crippen molar-refractivity contribution in [1.82, 2.24) is 9.62 Å². The summed E-state index contributed by atoms with van der Waals surface area (Å²) in [5.41, 5.74) is -0.149. The number of methoxy groups -OCH3 is 1. The van der Waals surface area contributed by atoms with E-state index in [1.54, 1.807) is 35.7 Å². The average Bonchev–Trinajstić information content (AvgIpc) is 2.55. The van der Waals surface area contributed by atoms with E-state index < -0.39 is 10.0 Å². The van der Waals surface area contributed by atoms with Crippen LogP contribution < -0.4 is 5.32 Å². The molecule has 0 bridgehead atoms. The lowest BCUT2D eigenvalue weighted by Crippen LogP contribution is -2.48. The van der Waals surface area contributed by atoms with Crippen LogP contribution in [0.15, 0.2) is 35.2 Å². The van der Waals surface area contributed by atoms with E-state index in [4.69, 9.17) is 4.74 Å². The molecule has 5 nitrogen and oxygen atoms in total. The molecule has 1 aromatic carbocycles. The first-order chi connectivity index (χ1) is 11.2. The molecule has 6 heteroatoms. The molecule has 1 atom stereocenters. The van der Waals surface area contributed by atoms with Crippen LogP contribution in [0.5, 0.6) is 0 Å². The monoisotopic (exact) mass is 354 g/mol. The molecule has 0 aliphatic carbocycles. The van der Waals surface area contributed by atoms with E-state index in [0.29, 0.717) is 30.1 Å². The van der Waals surface area contributed by atoms with Gasteiger partial charge in [0.25, 0.3) is 0 Å². The smallest absolute Gasteiger partial charge is 0.243 e. The summed E-state index contributed by atoms with van der Waals surface area (Å²) in [5, 5.41) is 3.62. The Balaban J connectivity index is 1.88. The Morgan fingerprint density at radius 1 is 1.25 bits per heavy atom. The van der Waals surface area contributed by atoms with Gasteiger partial charge in [-0.05, 0) is 52.2 Å². The van der Waals surface area contributed by atoms with Crippen LogP contribution in [0.4, 0.5) is 0 Å². The van der Waals surface area contributed by atoms with Crippen LogP contribution in [-0.4, -0.2) is 50.6 Å². The minimum absolute atomic E-state index is 0.149. The first-order valence-electron chi connectivity index (χ1n) is 8.61. The third kappa shape index (κ3) is 5.02. The molecule has 0 amide bonds. The molecule has 1 N–H and O–H groups in total. The number of rotatable bonds is 7. The standard InChI is InChI=1S/C18H30N2O3S/c1-15(14-18(2,3)23-4)19-16-10-12-20(13-11-16)24(21,22)17-8-6-5-7-9-17/h5-9,15-16,19H,10-14H2,1-4H3. The van der Waals surface area contributed by atoms with Crippen molar-refractivity contribution in [3.05, 3.63) is 30.3 Å². The maximum Gasteiger partial charge on any atom is 0.243 e. The molecule has 0 aromatic heterocycles. The van der Waals surface area contributed by atoms with Gasteiger partial charge in [-0.15, -0.1) is 0 Å². The Labute approximate surface area is 146 Å². The Morgan fingerprint density at radius 2 is 1.83 bits per heavy atom. The summed E-state index contributed by atoms with van der Waals surface area (Å²) in [7, 11) is -1.63. The van der Waals surface area contributed by atoms with Gasteiger partial charge in [0, 0.05) is 32.3 Å². The molecule has 1 saturated heterocycles. The lowest BCUT2D eigenvalue weighted by atomic mass is 9.98. The second kappa shape index (κ2) is 7.95. The van der Waals surface area contributed by atoms with E-state index in [1.807, 2.05) is 6.07 Å². The van der Waals surface area contributed by atoms with Crippen LogP contribution >= 0.6 is 0 Å². The van der Waals surface area contributed by atoms with Crippen LogP contribution in [-0.2, 0) is 14.8 Å². The molecule has 24 heavy (non-hydrogen) atoms. The predicted octanol–water partition coefficient (Wildman–Crippen LogP) is 2.63. The Kier molecular flexibility index (Phi) is 6.42. The molecule has 1 aromatic rings. The Hall–Kier alpha value is -0.950. The van der Waals surface area contributed by atoms with Crippen molar-refractivity contribution in [3.8, 4) is 0 Å². The lowest BCUT2D eigenvalue weighted by Gasteiger charge is -2.35. The lowest BCUT2D eigenvalue weighted by molar-refractivity contribution is 0.00720. The zero-order valence-corrected chi connectivity index (χ0v) is 16.0. The summed E-state index contributed by atoms with van der Waals surface area (Å²) in [5.74, 6) is 0. The topological polar surface area (TPSA) is 58.6 Å². The summed E-state index contributed by atoms with van der Waals surface area (Å²) in [6.45, 7) is 7.46. The van der Waals surface area contributed by atoms with Crippen molar-refractivity contribution in [3.63, 3.8) is 0 Å². The molecule has 0 spiro atoms. The quantitative estimate of drug-likeness (QED) is 0.818. The number of nitrogens with zero attached hydrogens (tertiary/aromatic N) is 1. The number of benzene rings is 1. The number of ether oxygens (including phenoxy) is 1. The van der Waals surface area contributed by atoms with Crippen LogP contribution in [0.25, 0.3) is 0 Å². The fourth-order valence-electron chi connectivity index (χ4n) is 3.29. The van der Waals surface area contributed by atoms with Crippen molar-refractivity contribution in [1.29, 1.82) is 0 Å². The summed E-state index contributed by atoms with van der Waals surface area (Å²) >= 11 is 0. The molecule has 0 saturated carbocycles. The number of nitrogens with one attached hydrogen (secondary N) is 1. The molecule has 2 rings (SSSR count). The predicted molar refractivity (Wildman–Crippen MR) is 96.5 cm³/mol. The number of sulfonamides is 1. The van der Waals surface area contributed by atoms with Gasteiger partial charge in [0.2, 0.25) is 10.0 Å². The van der Waals surface area contributed by atoms with Crippen LogP contribution in [0.2, 0.25) is 0 Å². The van der Waals surface area contributed by atoms with Gasteiger partial charge in [-0.1, -0.05) is 18.2 Å². The summed E-state index contributed by atoms with van der Waals surface area (Å²) in [6.07, 6.45) is 2.60. The zero-order chi connectivity index (χ0) is 17.8. The fraction of sp³-hybridized carbons (Fsp3) is 0.667. The van der Waals surface area contributed by atoms with Crippen LogP contribution in [0.3, 0.4) is 0 Å². The highest BCUT2D eigenvalue weighted by atomic mass is 32.2. The second-order valence-electron chi connectivity index (χ2n) is 7.23. The van der Waals surface area contributed by atoms with Gasteiger partial charge in [-0.25, -0.2) is 8.42 Å². The van der Waals surface area contributed by atoms with E-state index in [9.17, 15) is 8.42 Å². The van der Waals surface area contributed by atoms with E-state index in [2.05, 4.69) is 26.1 Å². The van der Waals surface area contributed by atoms with E-state index in [1.165, 1.54) is 0 Å². The van der Waals surface area contributed by atoms with Crippen LogP contribution in [0.1, 0.15) is 40.0 Å². The first-order valence-corrected chi connectivity index (χ1v) is 10.0. The minimum Gasteiger partial charge on any atom is -0.379 e. The van der Waals surface area contributed by atoms with Crippen LogP contribution in [0, 0.1) is 0 Å². The van der Waals surface area contributed by atoms with E-state index in [-0.39, 0.29) is 5.60 Å². The molecule has 1 unspecified atom stereocenters. The summed E-state index contributed by atoms with van der Waals surface area (Å²) < 4.78 is 32.3. The van der Waals surface area contributed by atoms with Gasteiger partial charge >= 0.3 is 0 Å². The highest BCUT2D eigenvalue weighted by molar-refractivity contribution is 7.89. The fourth-order valence-corrected chi connectivity index (χ4v) is 4.78. The number of piperidine rings is 1. The second-order valence-corrected chi connectivity index (χ2v) is 9.17. The average molecular weight is 355 g/mol. The van der Waals surface area contributed by atoms with Gasteiger partial charge in [-0.2, -0.15) is 4.31 Å². The number of hydrogen-bond donors (Lipinski definition) is 1. The van der Waals surface area contributed by atoms with Gasteiger partial charge in [0.15, 0.2) is 0 Å². The van der Waals surface area contributed by atoms with Gasteiger partial charge in [0.1, 0.15) is 0 Å². The Morgan fingerprint density at radius 3 is 2.38 bits per heavy atom. The molecular weight excluding hydrogens is 324 g/mol. The SMILES string of the molecule is COC(C)(C)CC(C)NC1CCN(S(=O)(=O)c2ccccc2)CC1. The first kappa shape index (κ1) is 19.4. The Bertz CT molecular complexity index is 608. The van der Waals surface area contributed by atoms with Gasteiger partial charge < -0.3 is 10.1 Å². The van der Waals surface area contributed by atoms with Crippen molar-refractivity contribution < 1.29 is 13.2 Å². The van der Waals surface area contributed by atoms with Gasteiger partial charge in [-0.3, -0.25) is 0 Å². The van der Waals surface area contributed by atoms with Crippen molar-refractivity contribution in [2.45, 2.75) is 62.6 Å². The normalized spacial score (nSPS) is 19.3. The van der Waals surface area contributed by atoms with Crippen molar-refractivity contribution in [2.75, 3.05) is 20.2 Å².